The molecule has 3 rings (SSSR count). The van der Waals surface area contributed by atoms with Gasteiger partial charge in [0.05, 0.1) is 11.3 Å². The Balaban J connectivity index is 1.83. The van der Waals surface area contributed by atoms with Gasteiger partial charge in [-0.2, -0.15) is 4.31 Å². The number of nitrogens with zero attached hydrogens (tertiary/aromatic N) is 1. The molecule has 2 amide bonds. The number of sulfonamides is 1. The molecule has 1 aliphatic carbocycles. The van der Waals surface area contributed by atoms with Gasteiger partial charge < -0.3 is 10.6 Å². The van der Waals surface area contributed by atoms with Gasteiger partial charge in [-0.15, -0.1) is 0 Å². The highest BCUT2D eigenvalue weighted by Crippen LogP contribution is 2.26. The molecule has 0 aromatic heterocycles. The van der Waals surface area contributed by atoms with E-state index in [1.165, 1.54) is 0 Å². The minimum Gasteiger partial charge on any atom is -0.353 e. The highest BCUT2D eigenvalue weighted by molar-refractivity contribution is 7.89. The molecule has 1 atom stereocenters. The Bertz CT molecular complexity index is 824. The number of carbonyl (C=O) groups is 2. The summed E-state index contributed by atoms with van der Waals surface area (Å²) in [5.41, 5.74) is 0.940. The van der Waals surface area contributed by atoms with E-state index >= 15 is 0 Å². The normalized spacial score (nSPS) is 21.6. The third-order valence-corrected chi connectivity index (χ3v) is 6.85. The van der Waals surface area contributed by atoms with Crippen LogP contribution in [-0.4, -0.2) is 49.7 Å². The maximum absolute atomic E-state index is 13.1. The molecule has 1 aromatic rings. The number of rotatable bonds is 5. The zero-order valence-electron chi connectivity index (χ0n) is 16.0. The molecule has 8 heteroatoms. The topological polar surface area (TPSA) is 95.6 Å². The second-order valence-corrected chi connectivity index (χ2v) is 10.1. The molecule has 0 spiro atoms. The number of piperazine rings is 1. The van der Waals surface area contributed by atoms with Gasteiger partial charge in [0, 0.05) is 19.1 Å². The largest absolute Gasteiger partial charge is 0.353 e. The van der Waals surface area contributed by atoms with Crippen molar-refractivity contribution in [3.8, 4) is 0 Å². The van der Waals surface area contributed by atoms with Crippen molar-refractivity contribution in [2.75, 3.05) is 13.1 Å². The molecule has 1 saturated carbocycles. The van der Waals surface area contributed by atoms with Crippen molar-refractivity contribution >= 4 is 21.8 Å². The molecule has 1 unspecified atom stereocenters. The van der Waals surface area contributed by atoms with Crippen LogP contribution in [-0.2, 0) is 25.0 Å². The zero-order valence-corrected chi connectivity index (χ0v) is 16.8. The standard InChI is InChI=1S/C19H27N3O4S/c1-19(2,3)13-4-8-15(9-5-13)27(25,26)22-11-10-20-18(24)16(22)12-17(23)21-14-6-7-14/h4-5,8-9,14,16H,6-7,10-12H2,1-3H3,(H,20,24)(H,21,23). The summed E-state index contributed by atoms with van der Waals surface area (Å²) in [7, 11) is -3.87. The summed E-state index contributed by atoms with van der Waals surface area (Å²) in [6.45, 7) is 6.55. The van der Waals surface area contributed by atoms with E-state index in [2.05, 4.69) is 31.4 Å². The summed E-state index contributed by atoms with van der Waals surface area (Å²) >= 11 is 0. The van der Waals surface area contributed by atoms with E-state index in [4.69, 9.17) is 0 Å². The highest BCUT2D eigenvalue weighted by atomic mass is 32.2. The SMILES string of the molecule is CC(C)(C)c1ccc(S(=O)(=O)N2CCNC(=O)C2CC(=O)NC2CC2)cc1. The van der Waals surface area contributed by atoms with Gasteiger partial charge in [0.15, 0.2) is 0 Å². The van der Waals surface area contributed by atoms with Crippen LogP contribution in [0.15, 0.2) is 29.2 Å². The molecule has 2 fully saturated rings. The van der Waals surface area contributed by atoms with E-state index in [9.17, 15) is 18.0 Å². The van der Waals surface area contributed by atoms with Gasteiger partial charge in [-0.25, -0.2) is 8.42 Å². The second-order valence-electron chi connectivity index (χ2n) is 8.24. The lowest BCUT2D eigenvalue weighted by atomic mass is 9.87. The van der Waals surface area contributed by atoms with Crippen LogP contribution in [0.2, 0.25) is 0 Å². The lowest BCUT2D eigenvalue weighted by Gasteiger charge is -2.33. The quantitative estimate of drug-likeness (QED) is 0.784. The lowest BCUT2D eigenvalue weighted by Crippen LogP contribution is -2.58. The lowest BCUT2D eigenvalue weighted by molar-refractivity contribution is -0.131. The predicted molar refractivity (Wildman–Crippen MR) is 102 cm³/mol. The maximum Gasteiger partial charge on any atom is 0.243 e. The van der Waals surface area contributed by atoms with Crippen LogP contribution >= 0.6 is 0 Å². The number of hydrogen-bond acceptors (Lipinski definition) is 4. The molecule has 0 radical (unpaired) electrons. The average Bonchev–Trinajstić information content (AvgIpc) is 3.39. The fourth-order valence-corrected chi connectivity index (χ4v) is 4.72. The van der Waals surface area contributed by atoms with Crippen molar-refractivity contribution in [1.29, 1.82) is 0 Å². The summed E-state index contributed by atoms with van der Waals surface area (Å²) in [6.07, 6.45) is 1.71. The van der Waals surface area contributed by atoms with Crippen molar-refractivity contribution in [3.63, 3.8) is 0 Å². The average molecular weight is 394 g/mol. The molecule has 148 valence electrons. The van der Waals surface area contributed by atoms with Crippen LogP contribution < -0.4 is 10.6 Å². The van der Waals surface area contributed by atoms with Crippen LogP contribution in [0.25, 0.3) is 0 Å². The first kappa shape index (κ1) is 19.8. The van der Waals surface area contributed by atoms with Crippen LogP contribution in [0.1, 0.15) is 45.6 Å². The minimum atomic E-state index is -3.87. The molecular formula is C19H27N3O4S. The minimum absolute atomic E-state index is 0.0866. The molecule has 27 heavy (non-hydrogen) atoms. The highest BCUT2D eigenvalue weighted by Gasteiger charge is 2.40. The van der Waals surface area contributed by atoms with E-state index in [-0.39, 0.29) is 41.8 Å². The van der Waals surface area contributed by atoms with Gasteiger partial charge in [0.25, 0.3) is 0 Å². The van der Waals surface area contributed by atoms with Crippen molar-refractivity contribution in [3.05, 3.63) is 29.8 Å². The predicted octanol–water partition coefficient (Wildman–Crippen LogP) is 1.14. The number of hydrogen-bond donors (Lipinski definition) is 2. The van der Waals surface area contributed by atoms with Crippen molar-refractivity contribution < 1.29 is 18.0 Å². The van der Waals surface area contributed by atoms with Crippen LogP contribution in [0, 0.1) is 0 Å². The van der Waals surface area contributed by atoms with E-state index < -0.39 is 22.0 Å². The fourth-order valence-electron chi connectivity index (χ4n) is 3.13. The van der Waals surface area contributed by atoms with Crippen molar-refractivity contribution in [2.24, 2.45) is 0 Å². The summed E-state index contributed by atoms with van der Waals surface area (Å²) in [4.78, 5) is 24.6. The molecular weight excluding hydrogens is 366 g/mol. The zero-order chi connectivity index (χ0) is 19.8. The van der Waals surface area contributed by atoms with Gasteiger partial charge in [0.1, 0.15) is 6.04 Å². The van der Waals surface area contributed by atoms with Crippen molar-refractivity contribution in [1.82, 2.24) is 14.9 Å². The van der Waals surface area contributed by atoms with E-state index in [0.717, 1.165) is 22.7 Å². The first-order chi connectivity index (χ1) is 12.6. The molecule has 1 aliphatic heterocycles. The number of nitrogens with one attached hydrogen (secondary N) is 2. The van der Waals surface area contributed by atoms with Gasteiger partial charge in [0.2, 0.25) is 21.8 Å². The Morgan fingerprint density at radius 2 is 1.85 bits per heavy atom. The van der Waals surface area contributed by atoms with Crippen molar-refractivity contribution in [2.45, 2.75) is 62.4 Å². The van der Waals surface area contributed by atoms with Crippen LogP contribution in [0.5, 0.6) is 0 Å². The van der Waals surface area contributed by atoms with E-state index in [1.807, 2.05) is 0 Å². The first-order valence-corrected chi connectivity index (χ1v) is 10.7. The van der Waals surface area contributed by atoms with Gasteiger partial charge in [-0.3, -0.25) is 9.59 Å². The van der Waals surface area contributed by atoms with Gasteiger partial charge in [-0.05, 0) is 36.0 Å². The summed E-state index contributed by atoms with van der Waals surface area (Å²) in [5, 5.41) is 5.48. The molecule has 2 aliphatic rings. The Morgan fingerprint density at radius 3 is 2.41 bits per heavy atom. The first-order valence-electron chi connectivity index (χ1n) is 9.28. The number of benzene rings is 1. The van der Waals surface area contributed by atoms with Crippen LogP contribution in [0.3, 0.4) is 0 Å². The molecule has 0 bridgehead atoms. The Hall–Kier alpha value is -1.93. The molecule has 1 heterocycles. The van der Waals surface area contributed by atoms with E-state index in [0.29, 0.717) is 0 Å². The molecule has 2 N–H and O–H groups in total. The van der Waals surface area contributed by atoms with Gasteiger partial charge in [-0.1, -0.05) is 32.9 Å². The Labute approximate surface area is 160 Å². The summed E-state index contributed by atoms with van der Waals surface area (Å²) in [6, 6.07) is 5.88. The maximum atomic E-state index is 13.1. The second kappa shape index (κ2) is 7.24. The smallest absolute Gasteiger partial charge is 0.243 e. The van der Waals surface area contributed by atoms with Gasteiger partial charge >= 0.3 is 0 Å². The Kier molecular flexibility index (Phi) is 5.31. The third kappa shape index (κ3) is 4.50. The fraction of sp³-hybridized carbons (Fsp3) is 0.579. The third-order valence-electron chi connectivity index (χ3n) is 4.93. The molecule has 1 saturated heterocycles. The number of amides is 2. The Morgan fingerprint density at radius 1 is 1.22 bits per heavy atom. The van der Waals surface area contributed by atoms with E-state index in [1.54, 1.807) is 24.3 Å². The van der Waals surface area contributed by atoms with Crippen LogP contribution in [0.4, 0.5) is 0 Å². The summed E-state index contributed by atoms with van der Waals surface area (Å²) < 4.78 is 27.4. The number of carbonyl (C=O) groups excluding carboxylic acids is 2. The summed E-state index contributed by atoms with van der Waals surface area (Å²) in [5.74, 6) is -0.718. The molecule has 7 nitrogen and oxygen atoms in total. The monoisotopic (exact) mass is 393 g/mol. The molecule has 1 aromatic carbocycles.